The molecule has 0 saturated carbocycles. The first kappa shape index (κ1) is 12.7. The van der Waals surface area contributed by atoms with Crippen LogP contribution in [0.4, 0.5) is 13.2 Å². The maximum absolute atomic E-state index is 12.4. The molecule has 90 valence electrons. The summed E-state index contributed by atoms with van der Waals surface area (Å²) in [5, 5.41) is 0. The summed E-state index contributed by atoms with van der Waals surface area (Å²) in [6.07, 6.45) is -4.94. The van der Waals surface area contributed by atoms with E-state index < -0.39 is 26.8 Å². The van der Waals surface area contributed by atoms with Gasteiger partial charge in [-0.1, -0.05) is 0 Å². The smallest absolute Gasteiger partial charge is 0.412 e. The second-order valence-corrected chi connectivity index (χ2v) is 4.14. The SMILES string of the molecule is NOc1ccc(S(=O)(=O)O)c(C(F)(F)F)c1. The van der Waals surface area contributed by atoms with Crippen LogP contribution in [-0.2, 0) is 16.3 Å². The molecule has 0 amide bonds. The summed E-state index contributed by atoms with van der Waals surface area (Å²) in [4.78, 5) is 2.79. The lowest BCUT2D eigenvalue weighted by molar-refractivity contribution is -0.140. The van der Waals surface area contributed by atoms with Gasteiger partial charge in [-0.15, -0.1) is 0 Å². The van der Waals surface area contributed by atoms with Gasteiger partial charge in [-0.05, 0) is 18.2 Å². The zero-order chi connectivity index (χ0) is 12.6. The lowest BCUT2D eigenvalue weighted by atomic mass is 10.2. The highest BCUT2D eigenvalue weighted by Crippen LogP contribution is 2.36. The van der Waals surface area contributed by atoms with Gasteiger partial charge in [0.05, 0.1) is 5.56 Å². The van der Waals surface area contributed by atoms with E-state index in [1.807, 2.05) is 0 Å². The van der Waals surface area contributed by atoms with Gasteiger partial charge in [-0.25, -0.2) is 0 Å². The highest BCUT2D eigenvalue weighted by atomic mass is 32.2. The van der Waals surface area contributed by atoms with Crippen molar-refractivity contribution in [3.63, 3.8) is 0 Å². The molecule has 5 nitrogen and oxygen atoms in total. The molecule has 16 heavy (non-hydrogen) atoms. The standard InChI is InChI=1S/C7H6F3NO4S/c8-7(9,10)5-3-4(15-11)1-2-6(5)16(12,13)14/h1-3H,11H2,(H,12,13,14). The van der Waals surface area contributed by atoms with Crippen molar-refractivity contribution < 1.29 is 31.0 Å². The van der Waals surface area contributed by atoms with Gasteiger partial charge in [0.1, 0.15) is 10.6 Å². The van der Waals surface area contributed by atoms with Gasteiger partial charge in [0.25, 0.3) is 10.1 Å². The first-order chi connectivity index (χ1) is 7.16. The third-order valence-electron chi connectivity index (χ3n) is 1.67. The summed E-state index contributed by atoms with van der Waals surface area (Å²) in [7, 11) is -4.96. The molecule has 0 heterocycles. The number of hydrogen-bond acceptors (Lipinski definition) is 4. The average molecular weight is 257 g/mol. The number of hydrogen-bond donors (Lipinski definition) is 2. The summed E-state index contributed by atoms with van der Waals surface area (Å²) < 4.78 is 67.2. The highest BCUT2D eigenvalue weighted by Gasteiger charge is 2.37. The molecule has 0 spiro atoms. The van der Waals surface area contributed by atoms with Crippen LogP contribution in [0, 0.1) is 0 Å². The summed E-state index contributed by atoms with van der Waals surface area (Å²) in [6, 6.07) is 1.82. The predicted molar refractivity (Wildman–Crippen MR) is 46.1 cm³/mol. The third kappa shape index (κ3) is 2.62. The van der Waals surface area contributed by atoms with Crippen molar-refractivity contribution in [2.45, 2.75) is 11.1 Å². The Morgan fingerprint density at radius 3 is 2.25 bits per heavy atom. The van der Waals surface area contributed by atoms with Gasteiger partial charge in [0.2, 0.25) is 0 Å². The molecule has 0 fully saturated rings. The fourth-order valence-electron chi connectivity index (χ4n) is 1.03. The fourth-order valence-corrected chi connectivity index (χ4v) is 1.72. The molecule has 0 radical (unpaired) electrons. The van der Waals surface area contributed by atoms with Crippen LogP contribution in [0.5, 0.6) is 5.75 Å². The fraction of sp³-hybridized carbons (Fsp3) is 0.143. The maximum atomic E-state index is 12.4. The normalized spacial score (nSPS) is 12.6. The minimum absolute atomic E-state index is 0.375. The van der Waals surface area contributed by atoms with Gasteiger partial charge in [-0.3, -0.25) is 4.55 Å². The molecule has 0 bridgehead atoms. The largest absolute Gasteiger partial charge is 0.417 e. The lowest BCUT2D eigenvalue weighted by Crippen LogP contribution is -2.13. The van der Waals surface area contributed by atoms with E-state index in [1.165, 1.54) is 0 Å². The minimum atomic E-state index is -4.96. The molecule has 3 N–H and O–H groups in total. The van der Waals surface area contributed by atoms with E-state index in [-0.39, 0.29) is 5.75 Å². The zero-order valence-corrected chi connectivity index (χ0v) is 8.34. The first-order valence-corrected chi connectivity index (χ1v) is 5.15. The zero-order valence-electron chi connectivity index (χ0n) is 7.52. The van der Waals surface area contributed by atoms with E-state index in [0.717, 1.165) is 6.07 Å². The van der Waals surface area contributed by atoms with Crippen LogP contribution in [0.1, 0.15) is 5.56 Å². The van der Waals surface area contributed by atoms with Crippen LogP contribution in [0.25, 0.3) is 0 Å². The number of alkyl halides is 3. The van der Waals surface area contributed by atoms with E-state index in [4.69, 9.17) is 4.55 Å². The van der Waals surface area contributed by atoms with Gasteiger partial charge < -0.3 is 4.84 Å². The Kier molecular flexibility index (Phi) is 3.13. The Morgan fingerprint density at radius 1 is 1.31 bits per heavy atom. The van der Waals surface area contributed by atoms with Crippen LogP contribution in [-0.4, -0.2) is 13.0 Å². The first-order valence-electron chi connectivity index (χ1n) is 3.71. The Morgan fingerprint density at radius 2 is 1.88 bits per heavy atom. The van der Waals surface area contributed by atoms with Gasteiger partial charge >= 0.3 is 6.18 Å². The number of nitrogens with two attached hydrogens (primary N) is 1. The maximum Gasteiger partial charge on any atom is 0.417 e. The molecular weight excluding hydrogens is 251 g/mol. The van der Waals surface area contributed by atoms with Crippen molar-refractivity contribution in [2.24, 2.45) is 5.90 Å². The van der Waals surface area contributed by atoms with Crippen molar-refractivity contribution in [3.05, 3.63) is 23.8 Å². The monoisotopic (exact) mass is 257 g/mol. The van der Waals surface area contributed by atoms with Crippen LogP contribution in [0.15, 0.2) is 23.1 Å². The Hall–Kier alpha value is -1.32. The van der Waals surface area contributed by atoms with Crippen LogP contribution in [0.3, 0.4) is 0 Å². The van der Waals surface area contributed by atoms with E-state index in [1.54, 1.807) is 0 Å². The van der Waals surface area contributed by atoms with E-state index in [0.29, 0.717) is 12.1 Å². The Labute approximate surface area is 88.3 Å². The summed E-state index contributed by atoms with van der Waals surface area (Å²) in [5.41, 5.74) is -1.54. The van der Waals surface area contributed by atoms with Crippen molar-refractivity contribution in [2.75, 3.05) is 0 Å². The van der Waals surface area contributed by atoms with Gasteiger partial charge in [0.15, 0.2) is 0 Å². The quantitative estimate of drug-likeness (QED) is 0.613. The second kappa shape index (κ2) is 3.92. The molecule has 9 heteroatoms. The molecule has 0 aliphatic rings. The number of rotatable bonds is 2. The molecule has 0 aliphatic carbocycles. The van der Waals surface area contributed by atoms with Crippen LogP contribution < -0.4 is 10.7 Å². The molecule has 0 aromatic heterocycles. The van der Waals surface area contributed by atoms with Crippen molar-refractivity contribution in [3.8, 4) is 5.75 Å². The topological polar surface area (TPSA) is 89.6 Å². The molecule has 1 aromatic rings. The predicted octanol–water partition coefficient (Wildman–Crippen LogP) is 1.20. The molecular formula is C7H6F3NO4S. The molecule has 1 aromatic carbocycles. The average Bonchev–Trinajstić information content (AvgIpc) is 2.14. The third-order valence-corrected chi connectivity index (χ3v) is 2.58. The molecule has 0 atom stereocenters. The molecule has 0 unspecified atom stereocenters. The Balaban J connectivity index is 3.52. The highest BCUT2D eigenvalue weighted by molar-refractivity contribution is 7.85. The van der Waals surface area contributed by atoms with E-state index in [9.17, 15) is 21.6 Å². The van der Waals surface area contributed by atoms with Gasteiger partial charge in [-0.2, -0.15) is 27.5 Å². The second-order valence-electron chi connectivity index (χ2n) is 2.75. The Bertz CT molecular complexity index is 497. The number of halogens is 3. The van der Waals surface area contributed by atoms with E-state index in [2.05, 4.69) is 10.7 Å². The molecule has 0 saturated heterocycles. The van der Waals surface area contributed by atoms with Crippen LogP contribution >= 0.6 is 0 Å². The minimum Gasteiger partial charge on any atom is -0.412 e. The van der Waals surface area contributed by atoms with Crippen LogP contribution in [0.2, 0.25) is 0 Å². The molecule has 1 rings (SSSR count). The summed E-state index contributed by atoms with van der Waals surface area (Å²) in [6.45, 7) is 0. The van der Waals surface area contributed by atoms with Crippen molar-refractivity contribution in [1.82, 2.24) is 0 Å². The van der Waals surface area contributed by atoms with Gasteiger partial charge in [0, 0.05) is 0 Å². The number of benzene rings is 1. The van der Waals surface area contributed by atoms with Crippen molar-refractivity contribution >= 4 is 10.1 Å². The summed E-state index contributed by atoms with van der Waals surface area (Å²) in [5.74, 6) is 4.27. The van der Waals surface area contributed by atoms with E-state index >= 15 is 0 Å². The molecule has 0 aliphatic heterocycles. The summed E-state index contributed by atoms with van der Waals surface area (Å²) >= 11 is 0. The van der Waals surface area contributed by atoms with Crippen molar-refractivity contribution in [1.29, 1.82) is 0 Å². The lowest BCUT2D eigenvalue weighted by Gasteiger charge is -2.11.